The van der Waals surface area contributed by atoms with Crippen molar-refractivity contribution in [2.45, 2.75) is 25.8 Å². The SMILES string of the molecule is COCCN(C)Cc1ccc(CC2CCN(S(C)(=O)=O)CC2)cc1. The van der Waals surface area contributed by atoms with Gasteiger partial charge in [-0.05, 0) is 43.4 Å². The van der Waals surface area contributed by atoms with Crippen LogP contribution in [0.1, 0.15) is 24.0 Å². The first-order valence-electron chi connectivity index (χ1n) is 8.59. The third-order valence-electron chi connectivity index (χ3n) is 4.72. The van der Waals surface area contributed by atoms with Crippen LogP contribution in [-0.4, -0.2) is 64.3 Å². The number of ether oxygens (including phenoxy) is 1. The Morgan fingerprint density at radius 3 is 2.29 bits per heavy atom. The summed E-state index contributed by atoms with van der Waals surface area (Å²) in [7, 11) is 0.799. The van der Waals surface area contributed by atoms with E-state index in [0.29, 0.717) is 19.0 Å². The van der Waals surface area contributed by atoms with Gasteiger partial charge in [0.1, 0.15) is 0 Å². The molecule has 0 N–H and O–H groups in total. The lowest BCUT2D eigenvalue weighted by Crippen LogP contribution is -2.38. The summed E-state index contributed by atoms with van der Waals surface area (Å²) in [6, 6.07) is 8.82. The molecule has 5 nitrogen and oxygen atoms in total. The highest BCUT2D eigenvalue weighted by atomic mass is 32.2. The highest BCUT2D eigenvalue weighted by Crippen LogP contribution is 2.23. The Labute approximate surface area is 146 Å². The van der Waals surface area contributed by atoms with E-state index >= 15 is 0 Å². The van der Waals surface area contributed by atoms with Crippen molar-refractivity contribution in [2.75, 3.05) is 46.7 Å². The van der Waals surface area contributed by atoms with Gasteiger partial charge in [-0.2, -0.15) is 0 Å². The summed E-state index contributed by atoms with van der Waals surface area (Å²) in [4.78, 5) is 2.25. The van der Waals surface area contributed by atoms with Crippen LogP contribution in [0.4, 0.5) is 0 Å². The molecule has 0 atom stereocenters. The van der Waals surface area contributed by atoms with Crippen molar-refractivity contribution in [3.05, 3.63) is 35.4 Å². The fourth-order valence-electron chi connectivity index (χ4n) is 3.20. The largest absolute Gasteiger partial charge is 0.383 e. The van der Waals surface area contributed by atoms with Gasteiger partial charge in [0.25, 0.3) is 0 Å². The van der Waals surface area contributed by atoms with Gasteiger partial charge in [-0.25, -0.2) is 12.7 Å². The Kier molecular flexibility index (Phi) is 7.22. The summed E-state index contributed by atoms with van der Waals surface area (Å²) in [5.74, 6) is 0.582. The standard InChI is InChI=1S/C18H30N2O3S/c1-19(12-13-23-2)15-18-6-4-16(5-7-18)14-17-8-10-20(11-9-17)24(3,21)22/h4-7,17H,8-15H2,1-3H3. The Hall–Kier alpha value is -0.950. The normalized spacial score (nSPS) is 17.5. The topological polar surface area (TPSA) is 49.9 Å². The molecule has 0 unspecified atom stereocenters. The van der Waals surface area contributed by atoms with Crippen molar-refractivity contribution in [1.29, 1.82) is 0 Å². The number of hydrogen-bond donors (Lipinski definition) is 0. The summed E-state index contributed by atoms with van der Waals surface area (Å²) in [6.45, 7) is 3.92. The van der Waals surface area contributed by atoms with E-state index in [0.717, 1.165) is 39.0 Å². The van der Waals surface area contributed by atoms with Crippen LogP contribution in [0.25, 0.3) is 0 Å². The molecule has 0 radical (unpaired) electrons. The van der Waals surface area contributed by atoms with E-state index in [4.69, 9.17) is 4.74 Å². The summed E-state index contributed by atoms with van der Waals surface area (Å²) >= 11 is 0. The first-order valence-corrected chi connectivity index (χ1v) is 10.4. The van der Waals surface area contributed by atoms with E-state index < -0.39 is 10.0 Å². The van der Waals surface area contributed by atoms with Crippen molar-refractivity contribution in [2.24, 2.45) is 5.92 Å². The molecule has 136 valence electrons. The number of piperidine rings is 1. The lowest BCUT2D eigenvalue weighted by molar-refractivity contribution is 0.158. The zero-order valence-corrected chi connectivity index (χ0v) is 15.9. The molecule has 0 spiro atoms. The van der Waals surface area contributed by atoms with Crippen LogP contribution in [-0.2, 0) is 27.7 Å². The van der Waals surface area contributed by atoms with Gasteiger partial charge in [0.05, 0.1) is 12.9 Å². The molecule has 24 heavy (non-hydrogen) atoms. The summed E-state index contributed by atoms with van der Waals surface area (Å²) in [5.41, 5.74) is 2.65. The van der Waals surface area contributed by atoms with Crippen LogP contribution in [0.3, 0.4) is 0 Å². The van der Waals surface area contributed by atoms with E-state index in [1.807, 2.05) is 0 Å². The monoisotopic (exact) mass is 354 g/mol. The van der Waals surface area contributed by atoms with Crippen molar-refractivity contribution in [1.82, 2.24) is 9.21 Å². The van der Waals surface area contributed by atoms with E-state index in [2.05, 4.69) is 36.2 Å². The molecule has 0 saturated carbocycles. The van der Waals surface area contributed by atoms with Gasteiger partial charge in [-0.3, -0.25) is 4.90 Å². The Balaban J connectivity index is 1.80. The first kappa shape index (κ1) is 19.4. The van der Waals surface area contributed by atoms with Crippen LogP contribution < -0.4 is 0 Å². The smallest absolute Gasteiger partial charge is 0.211 e. The average molecular weight is 355 g/mol. The highest BCUT2D eigenvalue weighted by Gasteiger charge is 2.24. The highest BCUT2D eigenvalue weighted by molar-refractivity contribution is 7.88. The van der Waals surface area contributed by atoms with Crippen LogP contribution in [0, 0.1) is 5.92 Å². The van der Waals surface area contributed by atoms with E-state index in [-0.39, 0.29) is 0 Å². The van der Waals surface area contributed by atoms with Gasteiger partial charge in [-0.1, -0.05) is 24.3 Å². The number of nitrogens with zero attached hydrogens (tertiary/aromatic N) is 2. The minimum Gasteiger partial charge on any atom is -0.383 e. The maximum atomic E-state index is 11.6. The summed E-state index contributed by atoms with van der Waals surface area (Å²) < 4.78 is 29.8. The van der Waals surface area contributed by atoms with Gasteiger partial charge in [0.2, 0.25) is 10.0 Å². The Bertz CT molecular complexity index is 593. The second kappa shape index (κ2) is 8.94. The van der Waals surface area contributed by atoms with Crippen LogP contribution in [0.15, 0.2) is 24.3 Å². The molecule has 1 aromatic carbocycles. The third kappa shape index (κ3) is 6.16. The van der Waals surface area contributed by atoms with Crippen molar-refractivity contribution < 1.29 is 13.2 Å². The quantitative estimate of drug-likeness (QED) is 0.716. The molecule has 1 heterocycles. The minimum atomic E-state index is -3.03. The number of rotatable bonds is 8. The predicted molar refractivity (Wildman–Crippen MR) is 97.5 cm³/mol. The van der Waals surface area contributed by atoms with Crippen molar-refractivity contribution in [3.63, 3.8) is 0 Å². The molecule has 1 aliphatic rings. The predicted octanol–water partition coefficient (Wildman–Crippen LogP) is 1.98. The minimum absolute atomic E-state index is 0.582. The maximum absolute atomic E-state index is 11.6. The van der Waals surface area contributed by atoms with E-state index in [9.17, 15) is 8.42 Å². The third-order valence-corrected chi connectivity index (χ3v) is 6.02. The molecule has 1 saturated heterocycles. The van der Waals surface area contributed by atoms with E-state index in [1.165, 1.54) is 17.4 Å². The molecule has 6 heteroatoms. The molecule has 0 amide bonds. The fourth-order valence-corrected chi connectivity index (χ4v) is 4.07. The Morgan fingerprint density at radius 1 is 1.17 bits per heavy atom. The molecule has 0 bridgehead atoms. The zero-order valence-electron chi connectivity index (χ0n) is 15.1. The molecule has 2 rings (SSSR count). The van der Waals surface area contributed by atoms with Gasteiger partial charge in [0.15, 0.2) is 0 Å². The number of benzene rings is 1. The number of sulfonamides is 1. The number of hydrogen-bond acceptors (Lipinski definition) is 4. The zero-order chi connectivity index (χ0) is 17.6. The van der Waals surface area contributed by atoms with Gasteiger partial charge in [-0.15, -0.1) is 0 Å². The second-order valence-corrected chi connectivity index (χ2v) is 8.84. The summed E-state index contributed by atoms with van der Waals surface area (Å²) in [6.07, 6.45) is 4.25. The fraction of sp³-hybridized carbons (Fsp3) is 0.667. The molecule has 0 aliphatic carbocycles. The average Bonchev–Trinajstić information content (AvgIpc) is 2.54. The van der Waals surface area contributed by atoms with Crippen molar-refractivity contribution >= 4 is 10.0 Å². The van der Waals surface area contributed by atoms with Crippen LogP contribution in [0.2, 0.25) is 0 Å². The van der Waals surface area contributed by atoms with Crippen LogP contribution in [0.5, 0.6) is 0 Å². The molecule has 1 aliphatic heterocycles. The first-order chi connectivity index (χ1) is 11.4. The van der Waals surface area contributed by atoms with Gasteiger partial charge in [0, 0.05) is 33.3 Å². The van der Waals surface area contributed by atoms with Gasteiger partial charge >= 0.3 is 0 Å². The van der Waals surface area contributed by atoms with Crippen molar-refractivity contribution in [3.8, 4) is 0 Å². The molecule has 0 aromatic heterocycles. The molecular formula is C18H30N2O3S. The molecular weight excluding hydrogens is 324 g/mol. The molecule has 1 aromatic rings. The lowest BCUT2D eigenvalue weighted by Gasteiger charge is -2.30. The number of methoxy groups -OCH3 is 1. The maximum Gasteiger partial charge on any atom is 0.211 e. The Morgan fingerprint density at radius 2 is 1.75 bits per heavy atom. The lowest BCUT2D eigenvalue weighted by atomic mass is 9.91. The van der Waals surface area contributed by atoms with E-state index in [1.54, 1.807) is 11.4 Å². The van der Waals surface area contributed by atoms with Gasteiger partial charge < -0.3 is 4.74 Å². The number of likely N-dealkylation sites (N-methyl/N-ethyl adjacent to an activating group) is 1. The second-order valence-electron chi connectivity index (χ2n) is 6.86. The summed E-state index contributed by atoms with van der Waals surface area (Å²) in [5, 5.41) is 0. The molecule has 1 fully saturated rings. The van der Waals surface area contributed by atoms with Crippen LogP contribution >= 0.6 is 0 Å².